The Morgan fingerprint density at radius 3 is 2.56 bits per heavy atom. The summed E-state index contributed by atoms with van der Waals surface area (Å²) < 4.78 is 10.9. The molecule has 0 bridgehead atoms. The normalized spacial score (nSPS) is 13.7. The van der Waals surface area contributed by atoms with Crippen LogP contribution in [0.1, 0.15) is 71.1 Å². The molecule has 0 unspecified atom stereocenters. The van der Waals surface area contributed by atoms with Crippen molar-refractivity contribution < 1.29 is 18.7 Å². The standard InChI is InChI=1S/C21H23NO5/c1-4-26-17-9-8-15(13(3)23)11-16(17)22-20(24)19-12(2)10-18(27-21(19)25)14-6-5-7-14/h8-11,14H,4-7H2,1-3H3,(H,22,24). The lowest BCUT2D eigenvalue weighted by Crippen LogP contribution is -2.24. The molecule has 2 aromatic rings. The number of amides is 1. The first-order valence-corrected chi connectivity index (χ1v) is 9.14. The minimum Gasteiger partial charge on any atom is -0.492 e. The summed E-state index contributed by atoms with van der Waals surface area (Å²) in [5.74, 6) is 0.639. The van der Waals surface area contributed by atoms with Crippen LogP contribution < -0.4 is 15.7 Å². The lowest BCUT2D eigenvalue weighted by molar-refractivity contribution is 0.100. The van der Waals surface area contributed by atoms with Gasteiger partial charge in [-0.2, -0.15) is 0 Å². The van der Waals surface area contributed by atoms with Crippen molar-refractivity contribution in [2.24, 2.45) is 0 Å². The summed E-state index contributed by atoms with van der Waals surface area (Å²) in [7, 11) is 0. The first-order chi connectivity index (χ1) is 12.9. The zero-order valence-electron chi connectivity index (χ0n) is 15.8. The smallest absolute Gasteiger partial charge is 0.349 e. The van der Waals surface area contributed by atoms with Crippen molar-refractivity contribution in [3.63, 3.8) is 0 Å². The van der Waals surface area contributed by atoms with Crippen LogP contribution in [0.5, 0.6) is 5.75 Å². The SMILES string of the molecule is CCOc1ccc(C(C)=O)cc1NC(=O)c1c(C)cc(C2CCC2)oc1=O. The van der Waals surface area contributed by atoms with Gasteiger partial charge in [0.05, 0.1) is 12.3 Å². The van der Waals surface area contributed by atoms with Crippen LogP contribution in [-0.4, -0.2) is 18.3 Å². The second-order valence-electron chi connectivity index (χ2n) is 6.78. The Labute approximate surface area is 157 Å². The Morgan fingerprint density at radius 1 is 1.26 bits per heavy atom. The van der Waals surface area contributed by atoms with E-state index in [4.69, 9.17) is 9.15 Å². The van der Waals surface area contributed by atoms with Gasteiger partial charge >= 0.3 is 5.63 Å². The molecule has 6 heteroatoms. The number of Topliss-reactive ketones (excluding diaryl/α,β-unsaturated/α-hetero) is 1. The second kappa shape index (κ2) is 7.78. The van der Waals surface area contributed by atoms with Crippen LogP contribution in [0.3, 0.4) is 0 Å². The van der Waals surface area contributed by atoms with Gasteiger partial charge in [-0.1, -0.05) is 6.42 Å². The fraction of sp³-hybridized carbons (Fsp3) is 0.381. The van der Waals surface area contributed by atoms with Crippen molar-refractivity contribution in [3.8, 4) is 5.75 Å². The van der Waals surface area contributed by atoms with Gasteiger partial charge in [-0.05, 0) is 63.4 Å². The van der Waals surface area contributed by atoms with Crippen molar-refractivity contribution in [1.82, 2.24) is 0 Å². The van der Waals surface area contributed by atoms with Crippen molar-refractivity contribution in [1.29, 1.82) is 0 Å². The maximum absolute atomic E-state index is 12.7. The van der Waals surface area contributed by atoms with Gasteiger partial charge in [0.15, 0.2) is 5.78 Å². The first-order valence-electron chi connectivity index (χ1n) is 9.14. The van der Waals surface area contributed by atoms with E-state index in [2.05, 4.69) is 5.32 Å². The average molecular weight is 369 g/mol. The number of rotatable bonds is 6. The quantitative estimate of drug-likeness (QED) is 0.776. The molecule has 6 nitrogen and oxygen atoms in total. The second-order valence-corrected chi connectivity index (χ2v) is 6.78. The van der Waals surface area contributed by atoms with E-state index < -0.39 is 11.5 Å². The van der Waals surface area contributed by atoms with E-state index in [1.807, 2.05) is 6.92 Å². The molecule has 1 aromatic carbocycles. The van der Waals surface area contributed by atoms with Gasteiger partial charge in [-0.3, -0.25) is 9.59 Å². The van der Waals surface area contributed by atoms with Crippen LogP contribution >= 0.6 is 0 Å². The van der Waals surface area contributed by atoms with E-state index in [0.29, 0.717) is 34.9 Å². The maximum Gasteiger partial charge on any atom is 0.349 e. The third-order valence-electron chi connectivity index (χ3n) is 4.84. The largest absolute Gasteiger partial charge is 0.492 e. The summed E-state index contributed by atoms with van der Waals surface area (Å²) in [6, 6.07) is 6.58. The van der Waals surface area contributed by atoms with Gasteiger partial charge in [0.2, 0.25) is 0 Å². The molecule has 142 valence electrons. The zero-order valence-corrected chi connectivity index (χ0v) is 15.8. The predicted molar refractivity (Wildman–Crippen MR) is 102 cm³/mol. The van der Waals surface area contributed by atoms with Gasteiger partial charge in [0.25, 0.3) is 5.91 Å². The molecule has 27 heavy (non-hydrogen) atoms. The van der Waals surface area contributed by atoms with Gasteiger partial charge in [0.1, 0.15) is 17.1 Å². The number of anilines is 1. The minimum atomic E-state index is -0.643. The van der Waals surface area contributed by atoms with Gasteiger partial charge < -0.3 is 14.5 Å². The number of hydrogen-bond acceptors (Lipinski definition) is 5. The van der Waals surface area contributed by atoms with Crippen LogP contribution in [0.2, 0.25) is 0 Å². The topological polar surface area (TPSA) is 85.6 Å². The van der Waals surface area contributed by atoms with Crippen LogP contribution in [0.25, 0.3) is 0 Å². The number of nitrogens with one attached hydrogen (secondary N) is 1. The summed E-state index contributed by atoms with van der Waals surface area (Å²) in [6.07, 6.45) is 3.13. The molecular weight excluding hydrogens is 346 g/mol. The summed E-state index contributed by atoms with van der Waals surface area (Å²) in [5, 5.41) is 2.69. The summed E-state index contributed by atoms with van der Waals surface area (Å²) >= 11 is 0. The van der Waals surface area contributed by atoms with Crippen LogP contribution in [-0.2, 0) is 0 Å². The molecule has 1 amide bonds. The van der Waals surface area contributed by atoms with Crippen molar-refractivity contribution in [2.45, 2.75) is 46.0 Å². The van der Waals surface area contributed by atoms with Crippen molar-refractivity contribution in [2.75, 3.05) is 11.9 Å². The molecule has 0 spiro atoms. The Balaban J connectivity index is 1.92. The predicted octanol–water partition coefficient (Wildman–Crippen LogP) is 4.07. The Bertz CT molecular complexity index is 940. The number of benzene rings is 1. The molecule has 0 atom stereocenters. The van der Waals surface area contributed by atoms with Gasteiger partial charge in [-0.25, -0.2) is 4.79 Å². The Morgan fingerprint density at radius 2 is 2.00 bits per heavy atom. The number of carbonyl (C=O) groups is 2. The number of ether oxygens (including phenoxy) is 1. The Kier molecular flexibility index (Phi) is 5.44. The highest BCUT2D eigenvalue weighted by atomic mass is 16.5. The van der Waals surface area contributed by atoms with Gasteiger partial charge in [-0.15, -0.1) is 0 Å². The number of aryl methyl sites for hydroxylation is 1. The molecule has 1 heterocycles. The van der Waals surface area contributed by atoms with E-state index in [1.165, 1.54) is 6.92 Å². The highest BCUT2D eigenvalue weighted by Gasteiger charge is 2.25. The average Bonchev–Trinajstić information content (AvgIpc) is 2.54. The molecule has 0 radical (unpaired) electrons. The highest BCUT2D eigenvalue weighted by Crippen LogP contribution is 2.36. The Hall–Kier alpha value is -2.89. The fourth-order valence-corrected chi connectivity index (χ4v) is 3.11. The molecule has 3 rings (SSSR count). The molecule has 0 saturated heterocycles. The van der Waals surface area contributed by atoms with E-state index in [9.17, 15) is 14.4 Å². The molecule has 1 saturated carbocycles. The molecule has 1 aromatic heterocycles. The molecule has 1 aliphatic carbocycles. The molecule has 0 aliphatic heterocycles. The third-order valence-corrected chi connectivity index (χ3v) is 4.84. The first kappa shape index (κ1) is 18.9. The molecule has 1 fully saturated rings. The zero-order chi connectivity index (χ0) is 19.6. The minimum absolute atomic E-state index is 0.0336. The lowest BCUT2D eigenvalue weighted by Gasteiger charge is -2.24. The van der Waals surface area contributed by atoms with Gasteiger partial charge in [0, 0.05) is 11.5 Å². The highest BCUT2D eigenvalue weighted by molar-refractivity contribution is 6.06. The van der Waals surface area contributed by atoms with E-state index >= 15 is 0 Å². The summed E-state index contributed by atoms with van der Waals surface area (Å²) in [5.41, 5.74) is 0.685. The molecular formula is C21H23NO5. The summed E-state index contributed by atoms with van der Waals surface area (Å²) in [4.78, 5) is 36.8. The van der Waals surface area contributed by atoms with Crippen molar-refractivity contribution in [3.05, 3.63) is 57.1 Å². The van der Waals surface area contributed by atoms with E-state index in [1.54, 1.807) is 31.2 Å². The van der Waals surface area contributed by atoms with Crippen LogP contribution in [0, 0.1) is 6.92 Å². The number of ketones is 1. The van der Waals surface area contributed by atoms with Crippen LogP contribution in [0.15, 0.2) is 33.5 Å². The molecule has 1 aliphatic rings. The lowest BCUT2D eigenvalue weighted by atomic mass is 9.83. The molecule has 1 N–H and O–H groups in total. The van der Waals surface area contributed by atoms with Crippen molar-refractivity contribution >= 4 is 17.4 Å². The maximum atomic E-state index is 12.7. The monoisotopic (exact) mass is 369 g/mol. The fourth-order valence-electron chi connectivity index (χ4n) is 3.11. The van der Waals surface area contributed by atoms with E-state index in [0.717, 1.165) is 19.3 Å². The third kappa shape index (κ3) is 3.94. The number of hydrogen-bond donors (Lipinski definition) is 1. The van der Waals surface area contributed by atoms with E-state index in [-0.39, 0.29) is 17.3 Å². The number of carbonyl (C=O) groups excluding carboxylic acids is 2. The summed E-state index contributed by atoms with van der Waals surface area (Å²) in [6.45, 7) is 5.39. The van der Waals surface area contributed by atoms with Crippen LogP contribution in [0.4, 0.5) is 5.69 Å².